The minimum absolute atomic E-state index is 0.0379. The van der Waals surface area contributed by atoms with Crippen LogP contribution < -0.4 is 5.73 Å². The molecule has 0 saturated heterocycles. The summed E-state index contributed by atoms with van der Waals surface area (Å²) in [6.07, 6.45) is 0.0805. The van der Waals surface area contributed by atoms with E-state index in [2.05, 4.69) is 10.1 Å². The van der Waals surface area contributed by atoms with Gasteiger partial charge in [-0.05, 0) is 13.0 Å². The summed E-state index contributed by atoms with van der Waals surface area (Å²) < 4.78 is 4.99. The van der Waals surface area contributed by atoms with Crippen LogP contribution in [0.4, 0.5) is 5.69 Å². The predicted octanol–water partition coefficient (Wildman–Crippen LogP) is 0.897. The van der Waals surface area contributed by atoms with Crippen LogP contribution >= 0.6 is 0 Å². The van der Waals surface area contributed by atoms with Crippen molar-refractivity contribution in [3.8, 4) is 11.4 Å². The van der Waals surface area contributed by atoms with Gasteiger partial charge in [0.2, 0.25) is 11.7 Å². The first-order valence-electron chi connectivity index (χ1n) is 5.92. The summed E-state index contributed by atoms with van der Waals surface area (Å²) in [7, 11) is 0. The third-order valence-corrected chi connectivity index (χ3v) is 2.78. The average molecular weight is 278 g/mol. The third kappa shape index (κ3) is 2.98. The molecule has 3 N–H and O–H groups in total. The van der Waals surface area contributed by atoms with E-state index >= 15 is 0 Å². The summed E-state index contributed by atoms with van der Waals surface area (Å²) in [6, 6.07) is 6.10. The highest BCUT2D eigenvalue weighted by molar-refractivity contribution is 5.67. The fourth-order valence-corrected chi connectivity index (χ4v) is 1.66. The molecule has 0 aliphatic rings. The van der Waals surface area contributed by atoms with Crippen LogP contribution in [0.1, 0.15) is 12.8 Å². The Hall–Kier alpha value is -2.32. The molecule has 0 aliphatic heterocycles. The molecule has 1 atom stereocenters. The molecular weight excluding hydrogens is 264 g/mol. The zero-order valence-corrected chi connectivity index (χ0v) is 10.8. The standard InChI is InChI=1S/C12H14N4O4/c1-12(17,7-13)6-10-14-11(15-20-10)8-4-2-3-5-9(8)16(18)19/h2-5,17H,6-7,13H2,1H3. The van der Waals surface area contributed by atoms with Crippen molar-refractivity contribution in [1.29, 1.82) is 0 Å². The predicted molar refractivity (Wildman–Crippen MR) is 69.8 cm³/mol. The van der Waals surface area contributed by atoms with Crippen molar-refractivity contribution in [2.45, 2.75) is 18.9 Å². The number of nitro benzene ring substituents is 1. The zero-order valence-electron chi connectivity index (χ0n) is 10.8. The van der Waals surface area contributed by atoms with Gasteiger partial charge in [0.05, 0.1) is 16.9 Å². The molecule has 20 heavy (non-hydrogen) atoms. The van der Waals surface area contributed by atoms with Gasteiger partial charge in [0, 0.05) is 12.6 Å². The molecule has 2 aromatic rings. The van der Waals surface area contributed by atoms with Gasteiger partial charge in [0.25, 0.3) is 5.69 Å². The lowest BCUT2D eigenvalue weighted by atomic mass is 10.0. The van der Waals surface area contributed by atoms with Gasteiger partial charge < -0.3 is 15.4 Å². The molecule has 1 unspecified atom stereocenters. The van der Waals surface area contributed by atoms with Crippen LogP contribution in [-0.2, 0) is 6.42 Å². The van der Waals surface area contributed by atoms with E-state index in [4.69, 9.17) is 10.3 Å². The zero-order chi connectivity index (χ0) is 14.8. The smallest absolute Gasteiger partial charge is 0.280 e. The normalized spacial score (nSPS) is 13.9. The lowest BCUT2D eigenvalue weighted by Gasteiger charge is -2.17. The third-order valence-electron chi connectivity index (χ3n) is 2.78. The lowest BCUT2D eigenvalue weighted by molar-refractivity contribution is -0.384. The van der Waals surface area contributed by atoms with Crippen LogP contribution in [0.25, 0.3) is 11.4 Å². The maximum Gasteiger partial charge on any atom is 0.280 e. The number of nitrogens with two attached hydrogens (primary N) is 1. The summed E-state index contributed by atoms with van der Waals surface area (Å²) in [5.41, 5.74) is 4.40. The van der Waals surface area contributed by atoms with Crippen LogP contribution in [0, 0.1) is 10.1 Å². The molecule has 0 fully saturated rings. The SMILES string of the molecule is CC(O)(CN)Cc1nc(-c2ccccc2[N+](=O)[O-])no1. The quantitative estimate of drug-likeness (QED) is 0.614. The van der Waals surface area contributed by atoms with Crippen molar-refractivity contribution in [3.63, 3.8) is 0 Å². The van der Waals surface area contributed by atoms with Crippen LogP contribution in [0.15, 0.2) is 28.8 Å². The van der Waals surface area contributed by atoms with Gasteiger partial charge in [-0.15, -0.1) is 0 Å². The highest BCUT2D eigenvalue weighted by atomic mass is 16.6. The Balaban J connectivity index is 2.32. The van der Waals surface area contributed by atoms with Gasteiger partial charge in [0.1, 0.15) is 5.56 Å². The number of para-hydroxylation sites is 1. The Morgan fingerprint density at radius 1 is 1.50 bits per heavy atom. The van der Waals surface area contributed by atoms with Gasteiger partial charge in [-0.2, -0.15) is 4.98 Å². The highest BCUT2D eigenvalue weighted by Gasteiger charge is 2.24. The van der Waals surface area contributed by atoms with Crippen molar-refractivity contribution in [3.05, 3.63) is 40.3 Å². The number of hydrogen-bond acceptors (Lipinski definition) is 7. The number of benzene rings is 1. The molecule has 0 saturated carbocycles. The number of aliphatic hydroxyl groups is 1. The number of nitrogens with zero attached hydrogens (tertiary/aromatic N) is 3. The Labute approximate surface area is 114 Å². The van der Waals surface area contributed by atoms with E-state index in [1.54, 1.807) is 19.1 Å². The van der Waals surface area contributed by atoms with Crippen molar-refractivity contribution in [1.82, 2.24) is 10.1 Å². The molecular formula is C12H14N4O4. The average Bonchev–Trinajstić information content (AvgIpc) is 2.86. The minimum atomic E-state index is -1.16. The second-order valence-electron chi connectivity index (χ2n) is 4.66. The lowest BCUT2D eigenvalue weighted by Crippen LogP contribution is -2.36. The number of aromatic nitrogens is 2. The Morgan fingerprint density at radius 3 is 2.85 bits per heavy atom. The number of rotatable bonds is 5. The van der Waals surface area contributed by atoms with Crippen molar-refractivity contribution in [2.24, 2.45) is 5.73 Å². The van der Waals surface area contributed by atoms with E-state index in [9.17, 15) is 15.2 Å². The van der Waals surface area contributed by atoms with Crippen LogP contribution in [0.3, 0.4) is 0 Å². The molecule has 8 heteroatoms. The molecule has 1 aromatic heterocycles. The summed E-state index contributed by atoms with van der Waals surface area (Å²) in [5, 5.41) is 24.5. The van der Waals surface area contributed by atoms with Crippen molar-refractivity contribution < 1.29 is 14.6 Å². The molecule has 0 radical (unpaired) electrons. The highest BCUT2D eigenvalue weighted by Crippen LogP contribution is 2.27. The van der Waals surface area contributed by atoms with Gasteiger partial charge in [-0.25, -0.2) is 0 Å². The van der Waals surface area contributed by atoms with Crippen LogP contribution in [-0.4, -0.2) is 32.3 Å². The van der Waals surface area contributed by atoms with E-state index in [-0.39, 0.29) is 35.9 Å². The topological polar surface area (TPSA) is 128 Å². The first-order chi connectivity index (χ1) is 9.43. The minimum Gasteiger partial charge on any atom is -0.388 e. The summed E-state index contributed by atoms with van der Waals surface area (Å²) >= 11 is 0. The maximum atomic E-state index is 10.9. The Morgan fingerprint density at radius 2 is 2.20 bits per heavy atom. The molecule has 0 aliphatic carbocycles. The molecule has 0 spiro atoms. The molecule has 0 amide bonds. The van der Waals surface area contributed by atoms with E-state index < -0.39 is 10.5 Å². The molecule has 1 aromatic carbocycles. The first kappa shape index (κ1) is 14.1. The van der Waals surface area contributed by atoms with Gasteiger partial charge in [-0.1, -0.05) is 17.3 Å². The van der Waals surface area contributed by atoms with E-state index in [1.807, 2.05) is 0 Å². The molecule has 8 nitrogen and oxygen atoms in total. The second kappa shape index (κ2) is 5.35. The Kier molecular flexibility index (Phi) is 3.77. The van der Waals surface area contributed by atoms with Gasteiger partial charge in [0.15, 0.2) is 0 Å². The molecule has 2 rings (SSSR count). The fraction of sp³-hybridized carbons (Fsp3) is 0.333. The molecule has 106 valence electrons. The summed E-state index contributed by atoms with van der Waals surface area (Å²) in [5.74, 6) is 0.286. The number of nitro groups is 1. The fourth-order valence-electron chi connectivity index (χ4n) is 1.66. The largest absolute Gasteiger partial charge is 0.388 e. The van der Waals surface area contributed by atoms with Crippen molar-refractivity contribution >= 4 is 5.69 Å². The first-order valence-corrected chi connectivity index (χ1v) is 5.92. The van der Waals surface area contributed by atoms with Gasteiger partial charge >= 0.3 is 0 Å². The van der Waals surface area contributed by atoms with Gasteiger partial charge in [-0.3, -0.25) is 10.1 Å². The van der Waals surface area contributed by atoms with E-state index in [0.717, 1.165) is 0 Å². The Bertz CT molecular complexity index is 623. The molecule has 0 bridgehead atoms. The van der Waals surface area contributed by atoms with E-state index in [1.165, 1.54) is 12.1 Å². The monoisotopic (exact) mass is 278 g/mol. The van der Waals surface area contributed by atoms with Crippen molar-refractivity contribution in [2.75, 3.05) is 6.54 Å². The van der Waals surface area contributed by atoms with Crippen LogP contribution in [0.5, 0.6) is 0 Å². The maximum absolute atomic E-state index is 10.9. The van der Waals surface area contributed by atoms with Crippen LogP contribution in [0.2, 0.25) is 0 Å². The molecule has 1 heterocycles. The summed E-state index contributed by atoms with van der Waals surface area (Å²) in [4.78, 5) is 14.5. The second-order valence-corrected chi connectivity index (χ2v) is 4.66. The summed E-state index contributed by atoms with van der Waals surface area (Å²) in [6.45, 7) is 1.58. The van der Waals surface area contributed by atoms with E-state index in [0.29, 0.717) is 0 Å². The number of hydrogen-bond donors (Lipinski definition) is 2.